The molecule has 0 aliphatic carbocycles. The van der Waals surface area contributed by atoms with Gasteiger partial charge in [-0.05, 0) is 31.5 Å². The normalized spacial score (nSPS) is 12.8. The Morgan fingerprint density at radius 2 is 2.05 bits per heavy atom. The highest BCUT2D eigenvalue weighted by Gasteiger charge is 2.14. The molecule has 2 heterocycles. The molecule has 0 radical (unpaired) electrons. The zero-order chi connectivity index (χ0) is 14.1. The lowest BCUT2D eigenvalue weighted by Gasteiger charge is -2.12. The number of nitrogens with zero attached hydrogens (tertiary/aromatic N) is 2. The van der Waals surface area contributed by atoms with Crippen LogP contribution in [0, 0.1) is 13.8 Å². The average Bonchev–Trinajstić information content (AvgIpc) is 2.76. The molecular formula is C16H16N2OS. The molecule has 0 amide bonds. The first-order valence-electron chi connectivity index (χ1n) is 6.60. The van der Waals surface area contributed by atoms with Gasteiger partial charge in [-0.3, -0.25) is 4.98 Å². The fraction of sp³-hybridized carbons (Fsp3) is 0.250. The number of pyridine rings is 1. The van der Waals surface area contributed by atoms with E-state index in [1.165, 1.54) is 4.88 Å². The molecule has 3 aromatic rings. The van der Waals surface area contributed by atoms with Crippen LogP contribution in [0.3, 0.4) is 0 Å². The highest BCUT2D eigenvalue weighted by Crippen LogP contribution is 2.27. The second kappa shape index (κ2) is 5.31. The Morgan fingerprint density at radius 1 is 1.20 bits per heavy atom. The quantitative estimate of drug-likeness (QED) is 0.799. The summed E-state index contributed by atoms with van der Waals surface area (Å²) in [6.45, 7) is 4.06. The molecule has 20 heavy (non-hydrogen) atoms. The summed E-state index contributed by atoms with van der Waals surface area (Å²) >= 11 is 1.66. The molecule has 0 spiro atoms. The zero-order valence-corrected chi connectivity index (χ0v) is 12.3. The van der Waals surface area contributed by atoms with Crippen LogP contribution in [0.5, 0.6) is 0 Å². The fourth-order valence-electron chi connectivity index (χ4n) is 2.32. The maximum Gasteiger partial charge on any atom is 0.0960 e. The van der Waals surface area contributed by atoms with E-state index in [1.807, 2.05) is 37.3 Å². The third-order valence-corrected chi connectivity index (χ3v) is 4.57. The van der Waals surface area contributed by atoms with E-state index in [9.17, 15) is 5.11 Å². The molecule has 0 saturated carbocycles. The van der Waals surface area contributed by atoms with Gasteiger partial charge in [-0.1, -0.05) is 18.2 Å². The van der Waals surface area contributed by atoms with Gasteiger partial charge in [0.05, 0.1) is 22.3 Å². The van der Waals surface area contributed by atoms with Crippen LogP contribution in [0.4, 0.5) is 0 Å². The molecule has 0 saturated heterocycles. The lowest BCUT2D eigenvalue weighted by molar-refractivity contribution is 0.180. The van der Waals surface area contributed by atoms with Crippen molar-refractivity contribution in [1.82, 2.24) is 9.97 Å². The van der Waals surface area contributed by atoms with E-state index < -0.39 is 6.10 Å². The number of fused-ring (bicyclic) bond motifs is 1. The van der Waals surface area contributed by atoms with Crippen molar-refractivity contribution in [2.45, 2.75) is 26.4 Å². The lowest BCUT2D eigenvalue weighted by atomic mass is 10.0. The first-order valence-corrected chi connectivity index (χ1v) is 7.41. The van der Waals surface area contributed by atoms with Crippen molar-refractivity contribution in [3.63, 3.8) is 0 Å². The van der Waals surface area contributed by atoms with Gasteiger partial charge in [0.2, 0.25) is 0 Å². The average molecular weight is 284 g/mol. The Kier molecular flexibility index (Phi) is 3.51. The van der Waals surface area contributed by atoms with Crippen LogP contribution in [0.25, 0.3) is 10.9 Å². The van der Waals surface area contributed by atoms with Crippen molar-refractivity contribution in [2.75, 3.05) is 0 Å². The van der Waals surface area contributed by atoms with Gasteiger partial charge in [0, 0.05) is 22.9 Å². The van der Waals surface area contributed by atoms with Crippen molar-refractivity contribution in [3.05, 3.63) is 57.7 Å². The number of rotatable bonds is 3. The van der Waals surface area contributed by atoms with Crippen molar-refractivity contribution in [3.8, 4) is 0 Å². The summed E-state index contributed by atoms with van der Waals surface area (Å²) in [5.41, 5.74) is 2.88. The topological polar surface area (TPSA) is 46.0 Å². The van der Waals surface area contributed by atoms with E-state index in [1.54, 1.807) is 17.5 Å². The predicted octanol–water partition coefficient (Wildman–Crippen LogP) is 3.58. The van der Waals surface area contributed by atoms with E-state index in [-0.39, 0.29) is 0 Å². The molecule has 3 nitrogen and oxygen atoms in total. The van der Waals surface area contributed by atoms with Crippen LogP contribution >= 0.6 is 11.3 Å². The molecular weight excluding hydrogens is 268 g/mol. The number of hydrogen-bond acceptors (Lipinski definition) is 4. The Labute approximate surface area is 122 Å². The maximum atomic E-state index is 10.5. The van der Waals surface area contributed by atoms with Gasteiger partial charge in [-0.25, -0.2) is 4.98 Å². The van der Waals surface area contributed by atoms with Gasteiger partial charge in [0.15, 0.2) is 0 Å². The van der Waals surface area contributed by atoms with Crippen LogP contribution in [0.1, 0.15) is 27.2 Å². The predicted molar refractivity (Wildman–Crippen MR) is 82.0 cm³/mol. The molecule has 1 N–H and O–H groups in total. The summed E-state index contributed by atoms with van der Waals surface area (Å²) in [4.78, 5) is 10.0. The number of aromatic nitrogens is 2. The van der Waals surface area contributed by atoms with Crippen molar-refractivity contribution < 1.29 is 5.11 Å². The number of aliphatic hydroxyl groups excluding tert-OH is 1. The molecule has 3 rings (SSSR count). The van der Waals surface area contributed by atoms with E-state index in [0.717, 1.165) is 27.2 Å². The molecule has 4 heteroatoms. The molecule has 0 bridgehead atoms. The number of benzene rings is 1. The van der Waals surface area contributed by atoms with Gasteiger partial charge in [-0.2, -0.15) is 0 Å². The number of aliphatic hydroxyl groups is 1. The van der Waals surface area contributed by atoms with Crippen molar-refractivity contribution in [1.29, 1.82) is 0 Å². The molecule has 0 fully saturated rings. The summed E-state index contributed by atoms with van der Waals surface area (Å²) in [6, 6.07) is 9.76. The van der Waals surface area contributed by atoms with Crippen LogP contribution < -0.4 is 0 Å². The monoisotopic (exact) mass is 284 g/mol. The van der Waals surface area contributed by atoms with Gasteiger partial charge in [0.25, 0.3) is 0 Å². The summed E-state index contributed by atoms with van der Waals surface area (Å²) in [5, 5.41) is 12.5. The Morgan fingerprint density at radius 3 is 2.80 bits per heavy atom. The summed E-state index contributed by atoms with van der Waals surface area (Å²) in [6.07, 6.45) is 1.77. The Balaban J connectivity index is 1.94. The van der Waals surface area contributed by atoms with Gasteiger partial charge in [-0.15, -0.1) is 11.3 Å². The Bertz CT molecular complexity index is 726. The summed E-state index contributed by atoms with van der Waals surface area (Å²) in [7, 11) is 0. The molecule has 1 aromatic carbocycles. The largest absolute Gasteiger partial charge is 0.388 e. The second-order valence-electron chi connectivity index (χ2n) is 4.89. The lowest BCUT2D eigenvalue weighted by Crippen LogP contribution is -2.02. The van der Waals surface area contributed by atoms with E-state index in [4.69, 9.17) is 0 Å². The summed E-state index contributed by atoms with van der Waals surface area (Å²) in [5.74, 6) is 0. The highest BCUT2D eigenvalue weighted by molar-refractivity contribution is 7.11. The van der Waals surface area contributed by atoms with E-state index in [0.29, 0.717) is 6.42 Å². The number of thiazole rings is 1. The third-order valence-electron chi connectivity index (χ3n) is 3.48. The minimum absolute atomic E-state index is 0.548. The van der Waals surface area contributed by atoms with Crippen LogP contribution in [-0.4, -0.2) is 15.1 Å². The molecule has 1 unspecified atom stereocenters. The molecule has 0 aliphatic rings. The number of aryl methyl sites for hydroxylation is 2. The van der Waals surface area contributed by atoms with E-state index >= 15 is 0 Å². The van der Waals surface area contributed by atoms with Gasteiger partial charge < -0.3 is 5.11 Å². The first-order chi connectivity index (χ1) is 9.65. The SMILES string of the molecule is Cc1nc(CC(O)c2cccc3ncccc23)sc1C. The molecule has 1 atom stereocenters. The molecule has 102 valence electrons. The third kappa shape index (κ3) is 2.44. The van der Waals surface area contributed by atoms with E-state index in [2.05, 4.69) is 16.9 Å². The Hall–Kier alpha value is -1.78. The smallest absolute Gasteiger partial charge is 0.0960 e. The first kappa shape index (κ1) is 13.2. The van der Waals surface area contributed by atoms with Crippen LogP contribution in [-0.2, 0) is 6.42 Å². The molecule has 2 aromatic heterocycles. The minimum Gasteiger partial charge on any atom is -0.388 e. The second-order valence-corrected chi connectivity index (χ2v) is 6.17. The minimum atomic E-state index is -0.548. The van der Waals surface area contributed by atoms with Crippen molar-refractivity contribution >= 4 is 22.2 Å². The standard InChI is InChI=1S/C16H16N2OS/c1-10-11(2)20-16(18-10)9-15(19)13-5-3-7-14-12(13)6-4-8-17-14/h3-8,15,19H,9H2,1-2H3. The fourth-order valence-corrected chi connectivity index (χ4v) is 3.29. The van der Waals surface area contributed by atoms with Gasteiger partial charge >= 0.3 is 0 Å². The van der Waals surface area contributed by atoms with Crippen LogP contribution in [0.2, 0.25) is 0 Å². The maximum absolute atomic E-state index is 10.5. The molecule has 0 aliphatic heterocycles. The number of hydrogen-bond donors (Lipinski definition) is 1. The summed E-state index contributed by atoms with van der Waals surface area (Å²) < 4.78 is 0. The van der Waals surface area contributed by atoms with Crippen molar-refractivity contribution in [2.24, 2.45) is 0 Å². The van der Waals surface area contributed by atoms with Crippen LogP contribution in [0.15, 0.2) is 36.5 Å². The zero-order valence-electron chi connectivity index (χ0n) is 11.5. The van der Waals surface area contributed by atoms with Gasteiger partial charge in [0.1, 0.15) is 0 Å². The highest BCUT2D eigenvalue weighted by atomic mass is 32.1.